The first-order valence-corrected chi connectivity index (χ1v) is 5.95. The second-order valence-corrected chi connectivity index (χ2v) is 4.61. The lowest BCUT2D eigenvalue weighted by Crippen LogP contribution is -2.07. The number of hydrogen-bond acceptors (Lipinski definition) is 5. The first-order chi connectivity index (χ1) is 6.40. The van der Waals surface area contributed by atoms with E-state index in [1.807, 2.05) is 24.5 Å². The number of hydrazone groups is 1. The summed E-state index contributed by atoms with van der Waals surface area (Å²) in [5.41, 5.74) is 4.07. The van der Waals surface area contributed by atoms with Crippen molar-refractivity contribution in [2.75, 3.05) is 6.26 Å². The van der Waals surface area contributed by atoms with Crippen molar-refractivity contribution in [2.24, 2.45) is 5.10 Å². The molecule has 2 rings (SSSR count). The van der Waals surface area contributed by atoms with Gasteiger partial charge >= 0.3 is 0 Å². The zero-order chi connectivity index (χ0) is 9.10. The van der Waals surface area contributed by atoms with E-state index in [-0.39, 0.29) is 5.37 Å². The van der Waals surface area contributed by atoms with Gasteiger partial charge < -0.3 is 0 Å². The highest BCUT2D eigenvalue weighted by Crippen LogP contribution is 2.33. The third kappa shape index (κ3) is 1.97. The molecule has 2 heterocycles. The van der Waals surface area contributed by atoms with E-state index in [4.69, 9.17) is 0 Å². The first-order valence-electron chi connectivity index (χ1n) is 3.85. The topological polar surface area (TPSA) is 37.3 Å². The van der Waals surface area contributed by atoms with E-state index in [2.05, 4.69) is 15.5 Å². The fourth-order valence-electron chi connectivity index (χ4n) is 1.02. The van der Waals surface area contributed by atoms with E-state index < -0.39 is 0 Å². The van der Waals surface area contributed by atoms with Gasteiger partial charge in [-0.15, -0.1) is 11.8 Å². The molecule has 0 saturated heterocycles. The molecular weight excluding hydrogens is 202 g/mol. The van der Waals surface area contributed by atoms with E-state index in [1.165, 1.54) is 0 Å². The highest BCUT2D eigenvalue weighted by molar-refractivity contribution is 8.38. The van der Waals surface area contributed by atoms with E-state index in [0.717, 1.165) is 10.1 Å². The third-order valence-electron chi connectivity index (χ3n) is 1.62. The van der Waals surface area contributed by atoms with Crippen LogP contribution < -0.4 is 5.43 Å². The lowest BCUT2D eigenvalue weighted by Gasteiger charge is -2.06. The van der Waals surface area contributed by atoms with Gasteiger partial charge in [0.15, 0.2) is 4.38 Å². The van der Waals surface area contributed by atoms with Crippen molar-refractivity contribution in [2.45, 2.75) is 5.37 Å². The van der Waals surface area contributed by atoms with Crippen LogP contribution in [0, 0.1) is 0 Å². The van der Waals surface area contributed by atoms with Gasteiger partial charge in [-0.2, -0.15) is 5.10 Å². The normalized spacial score (nSPS) is 21.0. The van der Waals surface area contributed by atoms with Crippen molar-refractivity contribution >= 4 is 27.9 Å². The number of pyridine rings is 1. The van der Waals surface area contributed by atoms with Crippen LogP contribution >= 0.6 is 23.5 Å². The maximum Gasteiger partial charge on any atom is 0.152 e. The Morgan fingerprint density at radius 1 is 1.54 bits per heavy atom. The molecule has 0 spiro atoms. The summed E-state index contributed by atoms with van der Waals surface area (Å²) in [4.78, 5) is 4.26. The Hall–Kier alpha value is -0.680. The van der Waals surface area contributed by atoms with Crippen LogP contribution in [0.5, 0.6) is 0 Å². The quantitative estimate of drug-likeness (QED) is 0.771. The van der Waals surface area contributed by atoms with E-state index >= 15 is 0 Å². The Morgan fingerprint density at radius 3 is 3.08 bits per heavy atom. The van der Waals surface area contributed by atoms with Crippen molar-refractivity contribution in [3.8, 4) is 0 Å². The minimum atomic E-state index is 0.184. The minimum absolute atomic E-state index is 0.184. The smallest absolute Gasteiger partial charge is 0.152 e. The molecule has 0 fully saturated rings. The largest absolute Gasteiger partial charge is 0.289 e. The van der Waals surface area contributed by atoms with Gasteiger partial charge in [0.05, 0.1) is 5.69 Å². The highest BCUT2D eigenvalue weighted by atomic mass is 32.2. The van der Waals surface area contributed by atoms with Gasteiger partial charge in [-0.3, -0.25) is 10.4 Å². The molecule has 1 N–H and O–H groups in total. The maximum atomic E-state index is 4.26. The number of rotatable bonds is 1. The fourth-order valence-corrected chi connectivity index (χ4v) is 2.51. The summed E-state index contributed by atoms with van der Waals surface area (Å²) in [6.45, 7) is 0. The van der Waals surface area contributed by atoms with Crippen LogP contribution in [0.2, 0.25) is 0 Å². The van der Waals surface area contributed by atoms with Crippen molar-refractivity contribution in [3.05, 3.63) is 30.1 Å². The van der Waals surface area contributed by atoms with Gasteiger partial charge in [-0.25, -0.2) is 0 Å². The third-order valence-corrected chi connectivity index (χ3v) is 3.73. The van der Waals surface area contributed by atoms with Crippen LogP contribution in [0.3, 0.4) is 0 Å². The predicted octanol–water partition coefficient (Wildman–Crippen LogP) is 2.05. The average molecular weight is 211 g/mol. The number of nitrogens with zero attached hydrogens (tertiary/aromatic N) is 2. The molecule has 1 atom stereocenters. The molecule has 1 aliphatic rings. The minimum Gasteiger partial charge on any atom is -0.289 e. The summed E-state index contributed by atoms with van der Waals surface area (Å²) in [5.74, 6) is 0. The lowest BCUT2D eigenvalue weighted by atomic mass is 10.3. The van der Waals surface area contributed by atoms with Crippen LogP contribution in [-0.4, -0.2) is 15.6 Å². The van der Waals surface area contributed by atoms with Gasteiger partial charge in [0, 0.05) is 6.20 Å². The monoisotopic (exact) mass is 211 g/mol. The Kier molecular flexibility index (Phi) is 2.75. The van der Waals surface area contributed by atoms with E-state index in [0.29, 0.717) is 0 Å². The number of aromatic nitrogens is 1. The van der Waals surface area contributed by atoms with Crippen LogP contribution in [-0.2, 0) is 0 Å². The molecule has 0 bridgehead atoms. The van der Waals surface area contributed by atoms with Crippen molar-refractivity contribution in [3.63, 3.8) is 0 Å². The van der Waals surface area contributed by atoms with Gasteiger partial charge in [0.1, 0.15) is 5.37 Å². The van der Waals surface area contributed by atoms with Crippen molar-refractivity contribution in [1.29, 1.82) is 0 Å². The molecule has 5 heteroatoms. The molecule has 1 aromatic heterocycles. The summed E-state index contributed by atoms with van der Waals surface area (Å²) in [6, 6.07) is 5.91. The Bertz CT molecular complexity index is 312. The first kappa shape index (κ1) is 8.90. The summed E-state index contributed by atoms with van der Waals surface area (Å²) in [7, 11) is 0. The second kappa shape index (κ2) is 4.02. The maximum absolute atomic E-state index is 4.26. The zero-order valence-electron chi connectivity index (χ0n) is 7.10. The Balaban J connectivity index is 2.07. The molecule has 0 aromatic carbocycles. The van der Waals surface area contributed by atoms with Crippen molar-refractivity contribution < 1.29 is 0 Å². The Labute approximate surface area is 85.4 Å². The van der Waals surface area contributed by atoms with Gasteiger partial charge in [-0.1, -0.05) is 17.8 Å². The van der Waals surface area contributed by atoms with E-state index in [1.54, 1.807) is 29.7 Å². The van der Waals surface area contributed by atoms with Crippen LogP contribution in [0.25, 0.3) is 0 Å². The molecule has 0 saturated carbocycles. The zero-order valence-corrected chi connectivity index (χ0v) is 8.73. The highest BCUT2D eigenvalue weighted by Gasteiger charge is 2.20. The summed E-state index contributed by atoms with van der Waals surface area (Å²) in [5, 5.41) is 4.35. The Morgan fingerprint density at radius 2 is 2.46 bits per heavy atom. The summed E-state index contributed by atoms with van der Waals surface area (Å²) < 4.78 is 1.07. The molecule has 68 valence electrons. The molecule has 0 unspecified atom stereocenters. The summed E-state index contributed by atoms with van der Waals surface area (Å²) >= 11 is 3.36. The fraction of sp³-hybridized carbons (Fsp3) is 0.250. The van der Waals surface area contributed by atoms with E-state index in [9.17, 15) is 0 Å². The molecule has 13 heavy (non-hydrogen) atoms. The molecule has 1 aliphatic heterocycles. The molecule has 0 aliphatic carbocycles. The molecular formula is C8H9N3S2. The summed E-state index contributed by atoms with van der Waals surface area (Å²) in [6.07, 6.45) is 3.82. The van der Waals surface area contributed by atoms with Gasteiger partial charge in [-0.05, 0) is 18.4 Å². The standard InChI is InChI=1S/C8H9N3S2/c1-12-8-11-10-7(13-8)6-4-2-3-5-9-6/h2-5,7,10H,1H3/t7-/m1/s1. The van der Waals surface area contributed by atoms with Crippen LogP contribution in [0.15, 0.2) is 29.5 Å². The molecule has 0 radical (unpaired) electrons. The average Bonchev–Trinajstić information content (AvgIpc) is 2.67. The number of hydrogen-bond donors (Lipinski definition) is 1. The van der Waals surface area contributed by atoms with Crippen molar-refractivity contribution in [1.82, 2.24) is 10.4 Å². The van der Waals surface area contributed by atoms with Crippen LogP contribution in [0.4, 0.5) is 0 Å². The predicted molar refractivity (Wildman–Crippen MR) is 58.7 cm³/mol. The van der Waals surface area contributed by atoms with Gasteiger partial charge in [0.2, 0.25) is 0 Å². The molecule has 1 aromatic rings. The van der Waals surface area contributed by atoms with Gasteiger partial charge in [0.25, 0.3) is 0 Å². The second-order valence-electron chi connectivity index (χ2n) is 2.46. The van der Waals surface area contributed by atoms with Crippen LogP contribution in [0.1, 0.15) is 11.1 Å². The number of thioether (sulfide) groups is 2. The number of nitrogens with one attached hydrogen (secondary N) is 1. The molecule has 0 amide bonds. The molecule has 3 nitrogen and oxygen atoms in total. The lowest BCUT2D eigenvalue weighted by molar-refractivity contribution is 0.725. The SMILES string of the molecule is CSC1=NN[C@@H](c2ccccn2)S1.